The first-order chi connectivity index (χ1) is 18.5. The van der Waals surface area contributed by atoms with Gasteiger partial charge < -0.3 is 28.5 Å². The first-order valence-electron chi connectivity index (χ1n) is 12.9. The van der Waals surface area contributed by atoms with Gasteiger partial charge in [-0.25, -0.2) is 9.55 Å². The van der Waals surface area contributed by atoms with Crippen LogP contribution in [0.3, 0.4) is 0 Å². The second-order valence-electron chi connectivity index (χ2n) is 10.3. The fourth-order valence-corrected chi connectivity index (χ4v) is 6.30. The standard InChI is InChI=1S/C27H34N3O8P/c1-16(2)34-26(31)17(3)30-39(32,38-18-9-7-6-8-10-18)33-15-21-23-24(37-27(4,5)36-23)22(35-21)19-11-13-28-25-20(19)12-14-29-25/h6-14,16-17,21-24H,15H2,1-5H3,(H,28,29)(H,30,32)/t17?,21?,22?,23-,24+,39?/m1/s1. The van der Waals surface area contributed by atoms with Crippen LogP contribution in [0.5, 0.6) is 5.75 Å². The molecule has 6 atom stereocenters. The molecule has 3 aromatic rings. The quantitative estimate of drug-likeness (QED) is 0.267. The van der Waals surface area contributed by atoms with Crippen molar-refractivity contribution in [2.24, 2.45) is 0 Å². The van der Waals surface area contributed by atoms with Crippen LogP contribution in [0.15, 0.2) is 54.9 Å². The van der Waals surface area contributed by atoms with Crippen LogP contribution < -0.4 is 9.61 Å². The molecule has 0 aliphatic carbocycles. The lowest BCUT2D eigenvalue weighted by atomic mass is 10.0. The van der Waals surface area contributed by atoms with Gasteiger partial charge >= 0.3 is 13.7 Å². The molecule has 0 saturated carbocycles. The summed E-state index contributed by atoms with van der Waals surface area (Å²) < 4.78 is 49.8. The Balaban J connectivity index is 1.37. The number of benzene rings is 1. The lowest BCUT2D eigenvalue weighted by Crippen LogP contribution is -2.38. The first kappa shape index (κ1) is 27.8. The predicted molar refractivity (Wildman–Crippen MR) is 142 cm³/mol. The highest BCUT2D eigenvalue weighted by molar-refractivity contribution is 7.52. The predicted octanol–water partition coefficient (Wildman–Crippen LogP) is 4.66. The van der Waals surface area contributed by atoms with Crippen LogP contribution in [-0.2, 0) is 32.8 Å². The normalized spacial score (nSPS) is 26.3. The molecule has 0 spiro atoms. The molecule has 2 aliphatic rings. The summed E-state index contributed by atoms with van der Waals surface area (Å²) in [5.74, 6) is -1.11. The molecule has 2 aromatic heterocycles. The zero-order valence-corrected chi connectivity index (χ0v) is 23.4. The molecular weight excluding hydrogens is 525 g/mol. The van der Waals surface area contributed by atoms with E-state index in [0.717, 1.165) is 16.6 Å². The first-order valence-corrected chi connectivity index (χ1v) is 14.5. The smallest absolute Gasteiger partial charge is 0.459 e. The van der Waals surface area contributed by atoms with Gasteiger partial charge in [-0.3, -0.25) is 9.32 Å². The van der Waals surface area contributed by atoms with Crippen molar-refractivity contribution in [3.05, 3.63) is 60.4 Å². The number of rotatable bonds is 10. The SMILES string of the molecule is CC(C)OC(=O)C(C)NP(=O)(OCC1OC(c2ccnc3[nH]ccc23)[C@@H]2OC(C)(C)O[C@H]12)Oc1ccccc1. The van der Waals surface area contributed by atoms with Crippen molar-refractivity contribution < 1.29 is 37.4 Å². The molecule has 0 bridgehead atoms. The number of nitrogens with one attached hydrogen (secondary N) is 2. The van der Waals surface area contributed by atoms with Gasteiger partial charge in [0.25, 0.3) is 0 Å². The van der Waals surface area contributed by atoms with E-state index in [2.05, 4.69) is 15.1 Å². The topological polar surface area (TPSA) is 130 Å². The Bertz CT molecular complexity index is 1350. The molecule has 0 amide bonds. The molecule has 11 nitrogen and oxygen atoms in total. The third kappa shape index (κ3) is 6.19. The molecule has 210 valence electrons. The molecule has 2 saturated heterocycles. The van der Waals surface area contributed by atoms with E-state index >= 15 is 0 Å². The average Bonchev–Trinajstić information content (AvgIpc) is 3.56. The Labute approximate surface area is 227 Å². The summed E-state index contributed by atoms with van der Waals surface area (Å²) in [5.41, 5.74) is 1.63. The van der Waals surface area contributed by atoms with E-state index in [1.807, 2.05) is 32.2 Å². The third-order valence-corrected chi connectivity index (χ3v) is 8.03. The fraction of sp³-hybridized carbons (Fsp3) is 0.481. The van der Waals surface area contributed by atoms with Gasteiger partial charge in [-0.2, -0.15) is 5.09 Å². The molecule has 2 N–H and O–H groups in total. The van der Waals surface area contributed by atoms with Crippen LogP contribution in [0, 0.1) is 0 Å². The number of esters is 1. The number of ether oxygens (including phenoxy) is 4. The minimum atomic E-state index is -4.08. The molecule has 4 heterocycles. The Hall–Kier alpha value is -2.79. The summed E-state index contributed by atoms with van der Waals surface area (Å²) in [6.07, 6.45) is 1.14. The zero-order valence-electron chi connectivity index (χ0n) is 22.5. The highest BCUT2D eigenvalue weighted by Gasteiger charge is 2.56. The number of carbonyl (C=O) groups is 1. The van der Waals surface area contributed by atoms with Crippen LogP contribution >= 0.6 is 7.75 Å². The number of pyridine rings is 1. The van der Waals surface area contributed by atoms with Crippen LogP contribution in [0.2, 0.25) is 0 Å². The van der Waals surface area contributed by atoms with E-state index in [1.54, 1.807) is 50.4 Å². The van der Waals surface area contributed by atoms with Gasteiger partial charge in [0.05, 0.1) is 12.7 Å². The summed E-state index contributed by atoms with van der Waals surface area (Å²) >= 11 is 0. The van der Waals surface area contributed by atoms with E-state index in [0.29, 0.717) is 5.75 Å². The van der Waals surface area contributed by atoms with Crippen molar-refractivity contribution in [3.63, 3.8) is 0 Å². The van der Waals surface area contributed by atoms with Crippen LogP contribution in [-0.4, -0.2) is 58.8 Å². The number of carbonyl (C=O) groups excluding carboxylic acids is 1. The van der Waals surface area contributed by atoms with E-state index < -0.39 is 50.0 Å². The highest BCUT2D eigenvalue weighted by Crippen LogP contribution is 2.49. The van der Waals surface area contributed by atoms with Gasteiger partial charge in [-0.15, -0.1) is 0 Å². The van der Waals surface area contributed by atoms with Crippen molar-refractivity contribution in [1.29, 1.82) is 0 Å². The lowest BCUT2D eigenvalue weighted by Gasteiger charge is -2.27. The number of hydrogen-bond donors (Lipinski definition) is 2. The maximum atomic E-state index is 13.9. The van der Waals surface area contributed by atoms with Gasteiger partial charge in [-0.05, 0) is 64.4 Å². The fourth-order valence-electron chi connectivity index (χ4n) is 4.80. The van der Waals surface area contributed by atoms with Gasteiger partial charge in [-0.1, -0.05) is 18.2 Å². The molecule has 1 aromatic carbocycles. The highest BCUT2D eigenvalue weighted by atomic mass is 31.2. The number of H-pyrrole nitrogens is 1. The number of hydrogen-bond acceptors (Lipinski definition) is 9. The monoisotopic (exact) mass is 559 g/mol. The molecular formula is C27H34N3O8P. The number of aromatic amines is 1. The van der Waals surface area contributed by atoms with Crippen LogP contribution in [0.25, 0.3) is 11.0 Å². The second kappa shape index (κ2) is 11.0. The Kier molecular flexibility index (Phi) is 7.83. The van der Waals surface area contributed by atoms with Crippen LogP contribution in [0.4, 0.5) is 0 Å². The van der Waals surface area contributed by atoms with E-state index in [4.69, 9.17) is 28.0 Å². The molecule has 12 heteroatoms. The lowest BCUT2D eigenvalue weighted by molar-refractivity contribution is -0.190. The van der Waals surface area contributed by atoms with Crippen molar-refractivity contribution >= 4 is 24.7 Å². The molecule has 2 fully saturated rings. The zero-order chi connectivity index (χ0) is 27.8. The van der Waals surface area contributed by atoms with E-state index in [9.17, 15) is 9.36 Å². The Morgan fingerprint density at radius 1 is 1.13 bits per heavy atom. The molecule has 5 rings (SSSR count). The Morgan fingerprint density at radius 2 is 1.87 bits per heavy atom. The minimum absolute atomic E-state index is 0.151. The maximum absolute atomic E-state index is 13.9. The third-order valence-electron chi connectivity index (χ3n) is 6.38. The van der Waals surface area contributed by atoms with E-state index in [-0.39, 0.29) is 12.7 Å². The van der Waals surface area contributed by atoms with Gasteiger partial charge in [0, 0.05) is 17.8 Å². The van der Waals surface area contributed by atoms with Gasteiger partial charge in [0.1, 0.15) is 41.9 Å². The summed E-state index contributed by atoms with van der Waals surface area (Å²) in [4.78, 5) is 19.9. The number of aromatic nitrogens is 2. The molecule has 0 radical (unpaired) electrons. The number of nitrogens with zero attached hydrogens (tertiary/aromatic N) is 1. The largest absolute Gasteiger partial charge is 0.462 e. The second-order valence-corrected chi connectivity index (χ2v) is 12.0. The van der Waals surface area contributed by atoms with Crippen molar-refractivity contribution in [1.82, 2.24) is 15.1 Å². The number of fused-ring (bicyclic) bond motifs is 2. The average molecular weight is 560 g/mol. The molecule has 39 heavy (non-hydrogen) atoms. The van der Waals surface area contributed by atoms with Crippen molar-refractivity contribution in [3.8, 4) is 5.75 Å². The summed E-state index contributed by atoms with van der Waals surface area (Å²) in [5, 5.41) is 3.62. The maximum Gasteiger partial charge on any atom is 0.459 e. The summed E-state index contributed by atoms with van der Waals surface area (Å²) in [7, 11) is -4.08. The van der Waals surface area contributed by atoms with Crippen molar-refractivity contribution in [2.45, 2.75) is 77.0 Å². The summed E-state index contributed by atoms with van der Waals surface area (Å²) in [6.45, 7) is 8.54. The molecule has 2 aliphatic heterocycles. The van der Waals surface area contributed by atoms with Crippen LogP contribution in [0.1, 0.15) is 46.3 Å². The van der Waals surface area contributed by atoms with Gasteiger partial charge in [0.15, 0.2) is 5.79 Å². The van der Waals surface area contributed by atoms with Gasteiger partial charge in [0.2, 0.25) is 0 Å². The number of para-hydroxylation sites is 1. The summed E-state index contributed by atoms with van der Waals surface area (Å²) in [6, 6.07) is 11.5. The Morgan fingerprint density at radius 3 is 2.62 bits per heavy atom. The van der Waals surface area contributed by atoms with E-state index in [1.165, 1.54) is 6.92 Å². The molecule has 4 unspecified atom stereocenters. The van der Waals surface area contributed by atoms with Crippen molar-refractivity contribution in [2.75, 3.05) is 6.61 Å². The minimum Gasteiger partial charge on any atom is -0.462 e.